The Bertz CT molecular complexity index is 694. The second kappa shape index (κ2) is 8.95. The maximum absolute atomic E-state index is 12.8. The van der Waals surface area contributed by atoms with Crippen molar-refractivity contribution in [3.63, 3.8) is 0 Å². The number of hydrogen-bond donors (Lipinski definition) is 0. The Balaban J connectivity index is 1.76. The van der Waals surface area contributed by atoms with E-state index < -0.39 is 0 Å². The molecule has 1 aromatic carbocycles. The average Bonchev–Trinajstić information content (AvgIpc) is 2.69. The molecule has 0 aliphatic carbocycles. The van der Waals surface area contributed by atoms with Gasteiger partial charge < -0.3 is 19.3 Å². The van der Waals surface area contributed by atoms with E-state index in [1.54, 1.807) is 7.11 Å². The van der Waals surface area contributed by atoms with Gasteiger partial charge in [-0.1, -0.05) is 18.2 Å². The van der Waals surface area contributed by atoms with Crippen molar-refractivity contribution >= 4 is 11.8 Å². The summed E-state index contributed by atoms with van der Waals surface area (Å²) in [6, 6.07) is 8.09. The number of carbonyl (C=O) groups is 2. The molecule has 0 N–H and O–H groups in total. The molecule has 0 saturated carbocycles. The number of piperidine rings is 1. The van der Waals surface area contributed by atoms with Crippen molar-refractivity contribution in [2.45, 2.75) is 51.0 Å². The van der Waals surface area contributed by atoms with Crippen LogP contribution in [0.4, 0.5) is 0 Å². The fourth-order valence-electron chi connectivity index (χ4n) is 4.53. The van der Waals surface area contributed by atoms with Gasteiger partial charge in [-0.25, -0.2) is 0 Å². The van der Waals surface area contributed by atoms with Gasteiger partial charge in [-0.3, -0.25) is 9.59 Å². The van der Waals surface area contributed by atoms with Crippen molar-refractivity contribution in [1.29, 1.82) is 0 Å². The van der Waals surface area contributed by atoms with Crippen LogP contribution < -0.4 is 4.74 Å². The number of hydrogen-bond acceptors (Lipinski definition) is 4. The van der Waals surface area contributed by atoms with Crippen LogP contribution in [0.3, 0.4) is 0 Å². The minimum atomic E-state index is -0.299. The quantitative estimate of drug-likeness (QED) is 0.752. The van der Waals surface area contributed by atoms with Gasteiger partial charge in [0.1, 0.15) is 18.0 Å². The molecular formula is C22H32N2O4. The molecule has 2 aliphatic rings. The monoisotopic (exact) mass is 388 g/mol. The van der Waals surface area contributed by atoms with Crippen LogP contribution in [0.2, 0.25) is 0 Å². The molecule has 1 fully saturated rings. The molecule has 28 heavy (non-hydrogen) atoms. The Hall–Kier alpha value is -2.08. The SMILES string of the molecule is CCN(CC)C(=O)CC1CC2(CCN(C(=O)COC)CC2)Oc2ccccc21. The molecule has 6 nitrogen and oxygen atoms in total. The number of methoxy groups -OCH3 is 1. The van der Waals surface area contributed by atoms with Crippen molar-refractivity contribution in [2.24, 2.45) is 0 Å². The smallest absolute Gasteiger partial charge is 0.248 e. The van der Waals surface area contributed by atoms with Crippen LogP contribution in [0, 0.1) is 0 Å². The molecule has 0 radical (unpaired) electrons. The summed E-state index contributed by atoms with van der Waals surface area (Å²) >= 11 is 0. The van der Waals surface area contributed by atoms with E-state index in [1.165, 1.54) is 0 Å². The third kappa shape index (κ3) is 4.32. The van der Waals surface area contributed by atoms with Crippen LogP contribution in [0.25, 0.3) is 0 Å². The number of amides is 2. The summed E-state index contributed by atoms with van der Waals surface area (Å²) in [5.74, 6) is 1.28. The number of likely N-dealkylation sites (tertiary alicyclic amines) is 1. The first-order valence-electron chi connectivity index (χ1n) is 10.3. The summed E-state index contributed by atoms with van der Waals surface area (Å²) in [5, 5.41) is 0. The second-order valence-electron chi connectivity index (χ2n) is 7.81. The number of nitrogens with zero attached hydrogens (tertiary/aromatic N) is 2. The molecule has 3 rings (SSSR count). The van der Waals surface area contributed by atoms with Crippen molar-refractivity contribution in [1.82, 2.24) is 9.80 Å². The maximum atomic E-state index is 12.8. The molecule has 154 valence electrons. The molecule has 6 heteroatoms. The minimum Gasteiger partial charge on any atom is -0.487 e. The first-order chi connectivity index (χ1) is 13.5. The molecule has 2 aliphatic heterocycles. The first-order valence-corrected chi connectivity index (χ1v) is 10.3. The second-order valence-corrected chi connectivity index (χ2v) is 7.81. The summed E-state index contributed by atoms with van der Waals surface area (Å²) in [4.78, 5) is 28.7. The normalized spacial score (nSPS) is 20.4. The van der Waals surface area contributed by atoms with E-state index >= 15 is 0 Å². The molecule has 1 aromatic rings. The van der Waals surface area contributed by atoms with Crippen LogP contribution in [-0.4, -0.2) is 67.1 Å². The maximum Gasteiger partial charge on any atom is 0.248 e. The van der Waals surface area contributed by atoms with Gasteiger partial charge in [0.25, 0.3) is 0 Å². The predicted octanol–water partition coefficient (Wildman–Crippen LogP) is 2.82. The summed E-state index contributed by atoms with van der Waals surface area (Å²) in [5.41, 5.74) is 0.832. The lowest BCUT2D eigenvalue weighted by Crippen LogP contribution is -2.52. The lowest BCUT2D eigenvalue weighted by Gasteiger charge is -2.47. The predicted molar refractivity (Wildman–Crippen MR) is 107 cm³/mol. The van der Waals surface area contributed by atoms with Gasteiger partial charge in [-0.15, -0.1) is 0 Å². The molecule has 2 heterocycles. The summed E-state index contributed by atoms with van der Waals surface area (Å²) in [6.07, 6.45) is 2.90. The van der Waals surface area contributed by atoms with Gasteiger partial charge >= 0.3 is 0 Å². The van der Waals surface area contributed by atoms with Gasteiger partial charge in [0, 0.05) is 58.5 Å². The molecule has 0 bridgehead atoms. The lowest BCUT2D eigenvalue weighted by molar-refractivity contribution is -0.139. The standard InChI is InChI=1S/C22H32N2O4/c1-4-23(5-2)20(25)14-17-15-22(28-19-9-7-6-8-18(17)19)10-12-24(13-11-22)21(26)16-27-3/h6-9,17H,4-5,10-16H2,1-3H3. The molecule has 0 aromatic heterocycles. The van der Waals surface area contributed by atoms with Crippen molar-refractivity contribution in [3.8, 4) is 5.75 Å². The topological polar surface area (TPSA) is 59.1 Å². The average molecular weight is 389 g/mol. The van der Waals surface area contributed by atoms with Crippen LogP contribution in [0.1, 0.15) is 51.0 Å². The molecular weight excluding hydrogens is 356 g/mol. The Labute approximate surface area is 167 Å². The number of carbonyl (C=O) groups excluding carboxylic acids is 2. The highest BCUT2D eigenvalue weighted by molar-refractivity contribution is 5.78. The van der Waals surface area contributed by atoms with E-state index in [0.29, 0.717) is 19.5 Å². The van der Waals surface area contributed by atoms with E-state index in [1.807, 2.05) is 41.8 Å². The van der Waals surface area contributed by atoms with Crippen molar-refractivity contribution in [3.05, 3.63) is 29.8 Å². The highest BCUT2D eigenvalue weighted by atomic mass is 16.5. The van der Waals surface area contributed by atoms with Crippen LogP contribution in [-0.2, 0) is 14.3 Å². The minimum absolute atomic E-state index is 0.0295. The number of rotatable bonds is 6. The lowest BCUT2D eigenvalue weighted by atomic mass is 9.76. The van der Waals surface area contributed by atoms with Crippen LogP contribution >= 0.6 is 0 Å². The first kappa shape index (κ1) is 20.6. The fraction of sp³-hybridized carbons (Fsp3) is 0.636. The number of benzene rings is 1. The molecule has 1 spiro atoms. The highest BCUT2D eigenvalue weighted by Crippen LogP contribution is 2.46. The van der Waals surface area contributed by atoms with E-state index in [4.69, 9.17) is 9.47 Å². The zero-order chi connectivity index (χ0) is 20.1. The largest absolute Gasteiger partial charge is 0.487 e. The zero-order valence-corrected chi connectivity index (χ0v) is 17.3. The Morgan fingerprint density at radius 1 is 1.21 bits per heavy atom. The van der Waals surface area contributed by atoms with Gasteiger partial charge in [0.2, 0.25) is 11.8 Å². The Kier molecular flexibility index (Phi) is 6.60. The fourth-order valence-corrected chi connectivity index (χ4v) is 4.53. The van der Waals surface area contributed by atoms with E-state index in [-0.39, 0.29) is 29.9 Å². The molecule has 2 amide bonds. The van der Waals surface area contributed by atoms with E-state index in [9.17, 15) is 9.59 Å². The van der Waals surface area contributed by atoms with Gasteiger partial charge in [-0.05, 0) is 31.9 Å². The number of para-hydroxylation sites is 1. The summed E-state index contributed by atoms with van der Waals surface area (Å²) < 4.78 is 11.5. The number of ether oxygens (including phenoxy) is 2. The van der Waals surface area contributed by atoms with E-state index in [0.717, 1.165) is 43.7 Å². The molecule has 1 saturated heterocycles. The summed E-state index contributed by atoms with van der Waals surface area (Å²) in [6.45, 7) is 6.98. The molecule has 1 unspecified atom stereocenters. The van der Waals surface area contributed by atoms with Crippen molar-refractivity contribution < 1.29 is 19.1 Å². The van der Waals surface area contributed by atoms with Gasteiger partial charge in [0.05, 0.1) is 0 Å². The zero-order valence-electron chi connectivity index (χ0n) is 17.3. The van der Waals surface area contributed by atoms with Crippen LogP contribution in [0.15, 0.2) is 24.3 Å². The third-order valence-electron chi connectivity index (χ3n) is 6.14. The Morgan fingerprint density at radius 2 is 1.89 bits per heavy atom. The number of fused-ring (bicyclic) bond motifs is 1. The highest BCUT2D eigenvalue weighted by Gasteiger charge is 2.44. The van der Waals surface area contributed by atoms with Gasteiger partial charge in [0.15, 0.2) is 0 Å². The third-order valence-corrected chi connectivity index (χ3v) is 6.14. The van der Waals surface area contributed by atoms with Gasteiger partial charge in [-0.2, -0.15) is 0 Å². The molecule has 1 atom stereocenters. The van der Waals surface area contributed by atoms with Crippen LogP contribution in [0.5, 0.6) is 5.75 Å². The van der Waals surface area contributed by atoms with Crippen molar-refractivity contribution in [2.75, 3.05) is 39.9 Å². The van der Waals surface area contributed by atoms with E-state index in [2.05, 4.69) is 6.07 Å². The Morgan fingerprint density at radius 3 is 2.54 bits per heavy atom. The summed E-state index contributed by atoms with van der Waals surface area (Å²) in [7, 11) is 1.54.